The van der Waals surface area contributed by atoms with Gasteiger partial charge in [-0.1, -0.05) is 6.07 Å². The quantitative estimate of drug-likeness (QED) is 0.828. The van der Waals surface area contributed by atoms with Crippen LogP contribution in [0.1, 0.15) is 11.1 Å². The molecule has 0 heterocycles. The molecule has 1 aromatic carbocycles. The first-order valence-corrected chi connectivity index (χ1v) is 4.87. The minimum Gasteiger partial charge on any atom is -0.382 e. The standard InChI is InChI=1S/C11H11F3N2O/c1-8-2-3-9(7-15)6-10(8)16-4-5-17-11(12,13)14/h2-3,6,16H,4-5H2,1H3. The average Bonchev–Trinajstić information content (AvgIpc) is 2.25. The predicted molar refractivity (Wildman–Crippen MR) is 56.4 cm³/mol. The Kier molecular flexibility index (Phi) is 4.35. The third-order valence-electron chi connectivity index (χ3n) is 2.05. The fourth-order valence-electron chi connectivity index (χ4n) is 1.23. The van der Waals surface area contributed by atoms with Gasteiger partial charge in [0.2, 0.25) is 0 Å². The van der Waals surface area contributed by atoms with Crippen molar-refractivity contribution in [3.63, 3.8) is 0 Å². The summed E-state index contributed by atoms with van der Waals surface area (Å²) in [6.07, 6.45) is -4.61. The monoisotopic (exact) mass is 244 g/mol. The third kappa shape index (κ3) is 4.74. The number of rotatable bonds is 4. The maximum Gasteiger partial charge on any atom is 0.522 e. The van der Waals surface area contributed by atoms with Gasteiger partial charge in [0.25, 0.3) is 0 Å². The van der Waals surface area contributed by atoms with Gasteiger partial charge in [0.05, 0.1) is 18.2 Å². The number of anilines is 1. The van der Waals surface area contributed by atoms with E-state index in [9.17, 15) is 13.2 Å². The molecule has 0 amide bonds. The maximum absolute atomic E-state index is 11.7. The first kappa shape index (κ1) is 13.3. The molecule has 0 atom stereocenters. The molecule has 0 radical (unpaired) electrons. The summed E-state index contributed by atoms with van der Waals surface area (Å²) in [4.78, 5) is 0. The number of nitrogens with one attached hydrogen (secondary N) is 1. The zero-order valence-corrected chi connectivity index (χ0v) is 9.14. The van der Waals surface area contributed by atoms with E-state index in [-0.39, 0.29) is 6.54 Å². The van der Waals surface area contributed by atoms with Crippen LogP contribution in [0, 0.1) is 18.3 Å². The van der Waals surface area contributed by atoms with E-state index in [0.717, 1.165) is 5.56 Å². The Morgan fingerprint density at radius 2 is 2.12 bits per heavy atom. The van der Waals surface area contributed by atoms with Crippen molar-refractivity contribution in [1.29, 1.82) is 5.26 Å². The van der Waals surface area contributed by atoms with Gasteiger partial charge in [0.1, 0.15) is 0 Å². The number of nitriles is 1. The molecule has 0 aliphatic rings. The number of alkyl halides is 3. The van der Waals surface area contributed by atoms with Crippen molar-refractivity contribution in [2.75, 3.05) is 18.5 Å². The van der Waals surface area contributed by atoms with E-state index in [1.165, 1.54) is 0 Å². The van der Waals surface area contributed by atoms with E-state index in [1.54, 1.807) is 25.1 Å². The molecule has 0 saturated heterocycles. The number of ether oxygens (including phenoxy) is 1. The highest BCUT2D eigenvalue weighted by atomic mass is 19.4. The first-order chi connectivity index (χ1) is 7.92. The molecular weight excluding hydrogens is 233 g/mol. The second-order valence-corrected chi connectivity index (χ2v) is 3.36. The first-order valence-electron chi connectivity index (χ1n) is 4.87. The third-order valence-corrected chi connectivity index (χ3v) is 2.05. The van der Waals surface area contributed by atoms with Crippen LogP contribution >= 0.6 is 0 Å². The van der Waals surface area contributed by atoms with E-state index in [4.69, 9.17) is 5.26 Å². The molecule has 3 nitrogen and oxygen atoms in total. The minimum absolute atomic E-state index is 0.0230. The number of nitrogens with zero attached hydrogens (tertiary/aromatic N) is 1. The molecule has 92 valence electrons. The van der Waals surface area contributed by atoms with Gasteiger partial charge in [-0.2, -0.15) is 5.26 Å². The molecule has 1 rings (SSSR count). The van der Waals surface area contributed by atoms with E-state index < -0.39 is 13.0 Å². The summed E-state index contributed by atoms with van der Waals surface area (Å²) in [5.41, 5.74) is 1.95. The van der Waals surface area contributed by atoms with Crippen LogP contribution in [0.3, 0.4) is 0 Å². The van der Waals surface area contributed by atoms with Gasteiger partial charge >= 0.3 is 6.36 Å². The summed E-state index contributed by atoms with van der Waals surface area (Å²) in [5, 5.41) is 11.5. The molecule has 0 spiro atoms. The normalized spacial score (nSPS) is 11.0. The smallest absolute Gasteiger partial charge is 0.382 e. The van der Waals surface area contributed by atoms with E-state index in [2.05, 4.69) is 10.1 Å². The molecule has 0 bridgehead atoms. The molecule has 0 aliphatic heterocycles. The fraction of sp³-hybridized carbons (Fsp3) is 0.364. The highest BCUT2D eigenvalue weighted by Gasteiger charge is 2.28. The molecule has 0 aliphatic carbocycles. The van der Waals surface area contributed by atoms with Crippen molar-refractivity contribution in [2.45, 2.75) is 13.3 Å². The van der Waals surface area contributed by atoms with Crippen LogP contribution in [0.5, 0.6) is 0 Å². The summed E-state index contributed by atoms with van der Waals surface area (Å²) in [5.74, 6) is 0. The molecule has 0 fully saturated rings. The van der Waals surface area contributed by atoms with Gasteiger partial charge < -0.3 is 5.32 Å². The highest BCUT2D eigenvalue weighted by Crippen LogP contribution is 2.17. The summed E-state index contributed by atoms with van der Waals surface area (Å²) < 4.78 is 38.7. The maximum atomic E-state index is 11.7. The topological polar surface area (TPSA) is 45.0 Å². The molecule has 0 unspecified atom stereocenters. The number of hydrogen-bond acceptors (Lipinski definition) is 3. The van der Waals surface area contributed by atoms with Crippen molar-refractivity contribution >= 4 is 5.69 Å². The summed E-state index contributed by atoms with van der Waals surface area (Å²) in [6.45, 7) is 1.35. The van der Waals surface area contributed by atoms with Crippen LogP contribution in [0.4, 0.5) is 18.9 Å². The Balaban J connectivity index is 2.49. The Hall–Kier alpha value is -1.74. The van der Waals surface area contributed by atoms with Gasteiger partial charge in [-0.25, -0.2) is 0 Å². The van der Waals surface area contributed by atoms with E-state index in [0.29, 0.717) is 11.3 Å². The number of halogens is 3. The van der Waals surface area contributed by atoms with Crippen molar-refractivity contribution in [3.8, 4) is 6.07 Å². The van der Waals surface area contributed by atoms with Gasteiger partial charge in [-0.05, 0) is 24.6 Å². The lowest BCUT2D eigenvalue weighted by atomic mass is 10.1. The zero-order chi connectivity index (χ0) is 12.9. The summed E-state index contributed by atoms with van der Waals surface area (Å²) in [7, 11) is 0. The molecule has 17 heavy (non-hydrogen) atoms. The SMILES string of the molecule is Cc1ccc(C#N)cc1NCCOC(F)(F)F. The second kappa shape index (κ2) is 5.55. The van der Waals surface area contributed by atoms with Gasteiger partial charge in [0.15, 0.2) is 0 Å². The average molecular weight is 244 g/mol. The van der Waals surface area contributed by atoms with Crippen LogP contribution < -0.4 is 5.32 Å². The Bertz CT molecular complexity index is 424. The predicted octanol–water partition coefficient (Wildman–Crippen LogP) is 2.82. The lowest BCUT2D eigenvalue weighted by Gasteiger charge is -2.11. The van der Waals surface area contributed by atoms with Crippen LogP contribution in [-0.4, -0.2) is 19.5 Å². The number of hydrogen-bond donors (Lipinski definition) is 1. The van der Waals surface area contributed by atoms with E-state index >= 15 is 0 Å². The van der Waals surface area contributed by atoms with Crippen molar-refractivity contribution < 1.29 is 17.9 Å². The molecule has 1 N–H and O–H groups in total. The molecule has 0 saturated carbocycles. The van der Waals surface area contributed by atoms with Gasteiger partial charge in [-0.3, -0.25) is 4.74 Å². The van der Waals surface area contributed by atoms with Crippen molar-refractivity contribution in [3.05, 3.63) is 29.3 Å². The molecule has 6 heteroatoms. The van der Waals surface area contributed by atoms with Crippen LogP contribution in [0.25, 0.3) is 0 Å². The summed E-state index contributed by atoms with van der Waals surface area (Å²) in [6, 6.07) is 6.92. The largest absolute Gasteiger partial charge is 0.522 e. The minimum atomic E-state index is -4.61. The highest BCUT2D eigenvalue weighted by molar-refractivity contribution is 5.55. The Morgan fingerprint density at radius 1 is 1.41 bits per heavy atom. The lowest BCUT2D eigenvalue weighted by molar-refractivity contribution is -0.322. The van der Waals surface area contributed by atoms with Crippen molar-refractivity contribution in [1.82, 2.24) is 0 Å². The van der Waals surface area contributed by atoms with Crippen LogP contribution in [-0.2, 0) is 4.74 Å². The summed E-state index contributed by atoms with van der Waals surface area (Å²) >= 11 is 0. The molecule has 0 aromatic heterocycles. The Labute approximate surface area is 96.8 Å². The number of aryl methyl sites for hydroxylation is 1. The van der Waals surface area contributed by atoms with Crippen molar-refractivity contribution in [2.24, 2.45) is 0 Å². The van der Waals surface area contributed by atoms with Crippen LogP contribution in [0.2, 0.25) is 0 Å². The Morgan fingerprint density at radius 3 is 2.71 bits per heavy atom. The van der Waals surface area contributed by atoms with Gasteiger partial charge in [-0.15, -0.1) is 13.2 Å². The van der Waals surface area contributed by atoms with Gasteiger partial charge in [0, 0.05) is 12.2 Å². The molecule has 1 aromatic rings. The van der Waals surface area contributed by atoms with E-state index in [1.807, 2.05) is 6.07 Å². The fourth-order valence-corrected chi connectivity index (χ4v) is 1.23. The van der Waals surface area contributed by atoms with Crippen LogP contribution in [0.15, 0.2) is 18.2 Å². The number of benzene rings is 1. The molecular formula is C11H11F3N2O. The second-order valence-electron chi connectivity index (χ2n) is 3.36. The lowest BCUT2D eigenvalue weighted by Crippen LogP contribution is -2.19. The zero-order valence-electron chi connectivity index (χ0n) is 9.14.